The topological polar surface area (TPSA) is 32.3 Å². The molecule has 1 aliphatic heterocycles. The molecule has 1 heterocycles. The first kappa shape index (κ1) is 17.6. The number of carbonyl (C=O) groups is 1. The van der Waals surface area contributed by atoms with Crippen LogP contribution in [0.2, 0.25) is 0 Å². The first-order valence-corrected chi connectivity index (χ1v) is 8.39. The number of hydrogen-bond acceptors (Lipinski definition) is 2. The van der Waals surface area contributed by atoms with Crippen molar-refractivity contribution >= 4 is 5.91 Å². The lowest BCUT2D eigenvalue weighted by molar-refractivity contribution is -0.152. The summed E-state index contributed by atoms with van der Waals surface area (Å²) in [6.07, 6.45) is 1.79. The standard InChI is InChI=1S/C16H27F3N2O/c1-12(22)21-10-14(8-16(17,18)19)7-15(11-21)20-9-13-5-3-2-4-6-13/h13-15,20H,2-11H2,1H3. The van der Waals surface area contributed by atoms with E-state index in [9.17, 15) is 18.0 Å². The summed E-state index contributed by atoms with van der Waals surface area (Å²) in [7, 11) is 0. The van der Waals surface area contributed by atoms with Gasteiger partial charge in [0.05, 0.1) is 0 Å². The molecule has 1 saturated carbocycles. The first-order chi connectivity index (χ1) is 10.3. The van der Waals surface area contributed by atoms with Crippen molar-refractivity contribution in [3.05, 3.63) is 0 Å². The van der Waals surface area contributed by atoms with Gasteiger partial charge in [-0.05, 0) is 37.6 Å². The van der Waals surface area contributed by atoms with Gasteiger partial charge in [0, 0.05) is 32.5 Å². The van der Waals surface area contributed by atoms with Gasteiger partial charge in [0.2, 0.25) is 5.91 Å². The number of carbonyl (C=O) groups excluding carboxylic acids is 1. The van der Waals surface area contributed by atoms with Crippen LogP contribution in [-0.4, -0.2) is 42.7 Å². The minimum atomic E-state index is -4.15. The van der Waals surface area contributed by atoms with E-state index in [1.54, 1.807) is 4.90 Å². The highest BCUT2D eigenvalue weighted by Gasteiger charge is 2.37. The van der Waals surface area contributed by atoms with Gasteiger partial charge >= 0.3 is 6.18 Å². The highest BCUT2D eigenvalue weighted by atomic mass is 19.4. The van der Waals surface area contributed by atoms with Crippen molar-refractivity contribution in [3.63, 3.8) is 0 Å². The van der Waals surface area contributed by atoms with Crippen molar-refractivity contribution in [2.45, 2.75) is 64.1 Å². The van der Waals surface area contributed by atoms with E-state index in [4.69, 9.17) is 0 Å². The Kier molecular flexibility index (Phi) is 6.12. The molecule has 2 fully saturated rings. The highest BCUT2D eigenvalue weighted by Crippen LogP contribution is 2.31. The second-order valence-electron chi connectivity index (χ2n) is 6.95. The molecular weight excluding hydrogens is 293 g/mol. The Morgan fingerprint density at radius 2 is 1.82 bits per heavy atom. The highest BCUT2D eigenvalue weighted by molar-refractivity contribution is 5.73. The Balaban J connectivity index is 1.86. The van der Waals surface area contributed by atoms with E-state index >= 15 is 0 Å². The summed E-state index contributed by atoms with van der Waals surface area (Å²) in [5.74, 6) is 0.0281. The van der Waals surface area contributed by atoms with Crippen molar-refractivity contribution in [1.29, 1.82) is 0 Å². The largest absolute Gasteiger partial charge is 0.389 e. The molecule has 2 rings (SSSR count). The molecule has 0 radical (unpaired) electrons. The molecule has 0 aromatic heterocycles. The van der Waals surface area contributed by atoms with E-state index in [-0.39, 0.29) is 18.5 Å². The van der Waals surface area contributed by atoms with E-state index in [0.29, 0.717) is 18.9 Å². The van der Waals surface area contributed by atoms with Crippen LogP contribution in [0.1, 0.15) is 51.9 Å². The van der Waals surface area contributed by atoms with E-state index in [1.807, 2.05) is 0 Å². The monoisotopic (exact) mass is 320 g/mol. The molecule has 0 bridgehead atoms. The molecule has 6 heteroatoms. The van der Waals surface area contributed by atoms with Crippen LogP contribution in [0.4, 0.5) is 13.2 Å². The average Bonchev–Trinajstić information content (AvgIpc) is 2.44. The van der Waals surface area contributed by atoms with Gasteiger partial charge in [0.1, 0.15) is 0 Å². The predicted molar refractivity (Wildman–Crippen MR) is 79.4 cm³/mol. The minimum absolute atomic E-state index is 0.00748. The van der Waals surface area contributed by atoms with Crippen LogP contribution in [0.5, 0.6) is 0 Å². The SMILES string of the molecule is CC(=O)N1CC(CC(F)(F)F)CC(NCC2CCCCC2)C1. The molecule has 128 valence electrons. The van der Waals surface area contributed by atoms with Crippen LogP contribution < -0.4 is 5.32 Å². The maximum atomic E-state index is 12.6. The maximum Gasteiger partial charge on any atom is 0.389 e. The van der Waals surface area contributed by atoms with Crippen molar-refractivity contribution < 1.29 is 18.0 Å². The lowest BCUT2D eigenvalue weighted by Crippen LogP contribution is -2.52. The van der Waals surface area contributed by atoms with Crippen LogP contribution in [0, 0.1) is 11.8 Å². The summed E-state index contributed by atoms with van der Waals surface area (Å²) in [5, 5.41) is 3.43. The van der Waals surface area contributed by atoms with Gasteiger partial charge in [-0.3, -0.25) is 4.79 Å². The fourth-order valence-electron chi connectivity index (χ4n) is 3.81. The number of nitrogens with one attached hydrogen (secondary N) is 1. The van der Waals surface area contributed by atoms with Gasteiger partial charge in [-0.1, -0.05) is 19.3 Å². The zero-order valence-electron chi connectivity index (χ0n) is 13.3. The van der Waals surface area contributed by atoms with Gasteiger partial charge in [0.25, 0.3) is 0 Å². The van der Waals surface area contributed by atoms with Gasteiger partial charge in [-0.15, -0.1) is 0 Å². The van der Waals surface area contributed by atoms with Crippen LogP contribution >= 0.6 is 0 Å². The molecule has 1 N–H and O–H groups in total. The Labute approximate surface area is 130 Å². The lowest BCUT2D eigenvalue weighted by atomic mass is 9.87. The van der Waals surface area contributed by atoms with Gasteiger partial charge < -0.3 is 10.2 Å². The number of nitrogens with zero attached hydrogens (tertiary/aromatic N) is 1. The number of alkyl halides is 3. The number of hydrogen-bond donors (Lipinski definition) is 1. The van der Waals surface area contributed by atoms with Crippen LogP contribution in [-0.2, 0) is 4.79 Å². The van der Waals surface area contributed by atoms with E-state index in [2.05, 4.69) is 5.32 Å². The number of rotatable bonds is 4. The molecule has 1 saturated heterocycles. The van der Waals surface area contributed by atoms with Crippen molar-refractivity contribution in [3.8, 4) is 0 Å². The summed E-state index contributed by atoms with van der Waals surface area (Å²) in [6, 6.07) is -0.00748. The first-order valence-electron chi connectivity index (χ1n) is 8.39. The summed E-state index contributed by atoms with van der Waals surface area (Å²) in [5.41, 5.74) is 0. The van der Waals surface area contributed by atoms with Gasteiger partial charge in [0.15, 0.2) is 0 Å². The third-order valence-electron chi connectivity index (χ3n) is 4.92. The predicted octanol–water partition coefficient (Wildman–Crippen LogP) is 3.35. The maximum absolute atomic E-state index is 12.6. The molecule has 0 aromatic carbocycles. The quantitative estimate of drug-likeness (QED) is 0.861. The number of likely N-dealkylation sites (tertiary alicyclic amines) is 1. The van der Waals surface area contributed by atoms with Gasteiger partial charge in [-0.25, -0.2) is 0 Å². The number of amides is 1. The molecular formula is C16H27F3N2O. The Morgan fingerprint density at radius 3 is 2.41 bits per heavy atom. The van der Waals surface area contributed by atoms with E-state index in [0.717, 1.165) is 6.54 Å². The van der Waals surface area contributed by atoms with Gasteiger partial charge in [-0.2, -0.15) is 13.2 Å². The third kappa shape index (κ3) is 5.78. The molecule has 1 aliphatic carbocycles. The molecule has 22 heavy (non-hydrogen) atoms. The molecule has 2 aliphatic rings. The summed E-state index contributed by atoms with van der Waals surface area (Å²) < 4.78 is 37.9. The summed E-state index contributed by atoms with van der Waals surface area (Å²) in [4.78, 5) is 13.1. The van der Waals surface area contributed by atoms with E-state index in [1.165, 1.54) is 39.0 Å². The molecule has 0 spiro atoms. The number of piperidine rings is 1. The fourth-order valence-corrected chi connectivity index (χ4v) is 3.81. The Hall–Kier alpha value is -0.780. The van der Waals surface area contributed by atoms with Crippen LogP contribution in [0.15, 0.2) is 0 Å². The molecule has 1 amide bonds. The Bertz CT molecular complexity index is 367. The smallest absolute Gasteiger partial charge is 0.341 e. The van der Waals surface area contributed by atoms with E-state index < -0.39 is 18.5 Å². The van der Waals surface area contributed by atoms with Crippen molar-refractivity contribution in [2.75, 3.05) is 19.6 Å². The zero-order valence-corrected chi connectivity index (χ0v) is 13.3. The minimum Gasteiger partial charge on any atom is -0.341 e. The molecule has 2 atom stereocenters. The normalized spacial score (nSPS) is 27.9. The van der Waals surface area contributed by atoms with Crippen LogP contribution in [0.25, 0.3) is 0 Å². The molecule has 3 nitrogen and oxygen atoms in total. The van der Waals surface area contributed by atoms with Crippen molar-refractivity contribution in [2.24, 2.45) is 11.8 Å². The molecule has 2 unspecified atom stereocenters. The van der Waals surface area contributed by atoms with Crippen LogP contribution in [0.3, 0.4) is 0 Å². The number of halogens is 3. The summed E-state index contributed by atoms with van der Waals surface area (Å²) in [6.45, 7) is 3.08. The second kappa shape index (κ2) is 7.66. The third-order valence-corrected chi connectivity index (χ3v) is 4.92. The fraction of sp³-hybridized carbons (Fsp3) is 0.938. The Morgan fingerprint density at radius 1 is 1.14 bits per heavy atom. The lowest BCUT2D eigenvalue weighted by Gasteiger charge is -2.39. The zero-order chi connectivity index (χ0) is 16.2. The summed E-state index contributed by atoms with van der Waals surface area (Å²) >= 11 is 0. The average molecular weight is 320 g/mol. The second-order valence-corrected chi connectivity index (χ2v) is 6.95. The van der Waals surface area contributed by atoms with Crippen molar-refractivity contribution in [1.82, 2.24) is 10.2 Å². The molecule has 0 aromatic rings.